The lowest BCUT2D eigenvalue weighted by Gasteiger charge is -2.36. The molecule has 9 nitrogen and oxygen atoms in total. The normalized spacial score (nSPS) is 13.8. The van der Waals surface area contributed by atoms with Gasteiger partial charge in [0.05, 0.1) is 12.7 Å². The molecule has 4 heterocycles. The zero-order chi connectivity index (χ0) is 25.4. The highest BCUT2D eigenvalue weighted by atomic mass is 16.5. The number of nitrogens with zero attached hydrogens (tertiary/aromatic N) is 5. The fourth-order valence-electron chi connectivity index (χ4n) is 4.20. The monoisotopic (exact) mass is 483 g/mol. The Bertz CT molecular complexity index is 1500. The van der Waals surface area contributed by atoms with Crippen LogP contribution >= 0.6 is 0 Å². The fourth-order valence-corrected chi connectivity index (χ4v) is 4.20. The molecule has 0 bridgehead atoms. The molecule has 3 aromatic heterocycles. The molecular formula is C27H25N5O4. The van der Waals surface area contributed by atoms with Crippen LogP contribution in [0.2, 0.25) is 0 Å². The Kier molecular flexibility index (Phi) is 6.04. The van der Waals surface area contributed by atoms with Crippen molar-refractivity contribution in [2.24, 2.45) is 0 Å². The van der Waals surface area contributed by atoms with Crippen molar-refractivity contribution in [1.82, 2.24) is 19.8 Å². The number of nitriles is 1. The first kappa shape index (κ1) is 23.3. The number of likely N-dealkylation sites (N-methyl/N-ethyl adjacent to an activating group) is 1. The van der Waals surface area contributed by atoms with E-state index in [4.69, 9.17) is 13.9 Å². The van der Waals surface area contributed by atoms with Crippen LogP contribution in [0.15, 0.2) is 53.2 Å². The first-order chi connectivity index (χ1) is 17.4. The van der Waals surface area contributed by atoms with Crippen molar-refractivity contribution >= 4 is 17.0 Å². The minimum atomic E-state index is -0.253. The summed E-state index contributed by atoms with van der Waals surface area (Å²) in [5.74, 6) is 1.22. The number of fused-ring (bicyclic) bond motifs is 1. The molecule has 36 heavy (non-hydrogen) atoms. The van der Waals surface area contributed by atoms with Gasteiger partial charge in [-0.05, 0) is 36.9 Å². The first-order valence-electron chi connectivity index (χ1n) is 11.4. The Hall–Kier alpha value is -4.42. The summed E-state index contributed by atoms with van der Waals surface area (Å²) in [6, 6.07) is 13.2. The number of rotatable bonds is 6. The molecule has 0 aliphatic carbocycles. The number of furan rings is 1. The quantitative estimate of drug-likeness (QED) is 0.408. The second kappa shape index (κ2) is 9.32. The average molecular weight is 484 g/mol. The molecule has 5 rings (SSSR count). The van der Waals surface area contributed by atoms with E-state index in [1.807, 2.05) is 31.3 Å². The fraction of sp³-hybridized carbons (Fsp3) is 0.259. The van der Waals surface area contributed by atoms with Gasteiger partial charge in [-0.25, -0.2) is 4.98 Å². The number of hydrogen-bond donors (Lipinski definition) is 0. The van der Waals surface area contributed by atoms with Gasteiger partial charge in [0.25, 0.3) is 5.91 Å². The number of ether oxygens (including phenoxy) is 2. The number of methoxy groups -OCH3 is 1. The van der Waals surface area contributed by atoms with Crippen molar-refractivity contribution in [3.05, 3.63) is 60.0 Å². The van der Waals surface area contributed by atoms with E-state index in [1.54, 1.807) is 38.6 Å². The van der Waals surface area contributed by atoms with Gasteiger partial charge in [-0.15, -0.1) is 0 Å². The van der Waals surface area contributed by atoms with Crippen LogP contribution in [0, 0.1) is 11.3 Å². The van der Waals surface area contributed by atoms with Crippen molar-refractivity contribution in [2.75, 3.05) is 41.3 Å². The van der Waals surface area contributed by atoms with E-state index >= 15 is 0 Å². The third-order valence-electron chi connectivity index (χ3n) is 6.11. The zero-order valence-electron chi connectivity index (χ0n) is 20.5. The predicted molar refractivity (Wildman–Crippen MR) is 134 cm³/mol. The smallest absolute Gasteiger partial charge is 0.275 e. The second-order valence-corrected chi connectivity index (χ2v) is 8.94. The third kappa shape index (κ3) is 4.23. The van der Waals surface area contributed by atoms with Gasteiger partial charge in [0.15, 0.2) is 17.0 Å². The minimum Gasteiger partial charge on any atom is -0.494 e. The van der Waals surface area contributed by atoms with Gasteiger partial charge in [0, 0.05) is 56.8 Å². The van der Waals surface area contributed by atoms with Gasteiger partial charge in [0.1, 0.15) is 29.2 Å². The molecule has 1 aliphatic heterocycles. The molecule has 1 aliphatic rings. The Balaban J connectivity index is 1.51. The molecule has 0 spiro atoms. The molecule has 1 aromatic carbocycles. The molecule has 4 aromatic rings. The molecule has 0 radical (unpaired) electrons. The Morgan fingerprint density at radius 1 is 1.14 bits per heavy atom. The number of benzene rings is 1. The molecule has 0 unspecified atom stereocenters. The third-order valence-corrected chi connectivity index (χ3v) is 6.11. The van der Waals surface area contributed by atoms with E-state index in [0.717, 1.165) is 24.2 Å². The SMILES string of the molecule is COc1cc(-c2cc3nccc(-c4ccc(OC5CN(C)C5)c(C#N)c4)c3o2)cnc1C(=O)N(C)C. The number of likely N-dealkylation sites (tertiary alicyclic amines) is 1. The van der Waals surface area contributed by atoms with E-state index in [0.29, 0.717) is 39.5 Å². The lowest BCUT2D eigenvalue weighted by atomic mass is 10.0. The molecule has 1 amide bonds. The molecule has 0 saturated carbocycles. The molecule has 1 saturated heterocycles. The lowest BCUT2D eigenvalue weighted by Crippen LogP contribution is -2.51. The van der Waals surface area contributed by atoms with Crippen molar-refractivity contribution < 1.29 is 18.7 Å². The summed E-state index contributed by atoms with van der Waals surface area (Å²) in [6.45, 7) is 1.69. The summed E-state index contributed by atoms with van der Waals surface area (Å²) in [6.07, 6.45) is 3.38. The number of carbonyl (C=O) groups is 1. The van der Waals surface area contributed by atoms with Crippen molar-refractivity contribution in [3.8, 4) is 40.0 Å². The van der Waals surface area contributed by atoms with Crippen molar-refractivity contribution in [3.63, 3.8) is 0 Å². The summed E-state index contributed by atoms with van der Waals surface area (Å²) in [4.78, 5) is 24.8. The van der Waals surface area contributed by atoms with E-state index in [1.165, 1.54) is 12.0 Å². The van der Waals surface area contributed by atoms with Crippen LogP contribution in [0.25, 0.3) is 33.6 Å². The van der Waals surface area contributed by atoms with E-state index in [2.05, 4.69) is 20.9 Å². The van der Waals surface area contributed by atoms with Crippen LogP contribution < -0.4 is 9.47 Å². The van der Waals surface area contributed by atoms with E-state index in [-0.39, 0.29) is 17.7 Å². The summed E-state index contributed by atoms with van der Waals surface area (Å²) >= 11 is 0. The van der Waals surface area contributed by atoms with E-state index in [9.17, 15) is 10.1 Å². The largest absolute Gasteiger partial charge is 0.494 e. The second-order valence-electron chi connectivity index (χ2n) is 8.94. The highest BCUT2D eigenvalue weighted by molar-refractivity contribution is 5.96. The van der Waals surface area contributed by atoms with Crippen LogP contribution in [0.5, 0.6) is 11.5 Å². The summed E-state index contributed by atoms with van der Waals surface area (Å²) in [5, 5.41) is 9.73. The molecule has 0 N–H and O–H groups in total. The van der Waals surface area contributed by atoms with Gasteiger partial charge in [-0.1, -0.05) is 6.07 Å². The molecule has 182 valence electrons. The Morgan fingerprint density at radius 3 is 2.64 bits per heavy atom. The maximum atomic E-state index is 12.4. The van der Waals surface area contributed by atoms with Gasteiger partial charge in [-0.2, -0.15) is 5.26 Å². The van der Waals surface area contributed by atoms with Crippen molar-refractivity contribution in [1.29, 1.82) is 5.26 Å². The highest BCUT2D eigenvalue weighted by Crippen LogP contribution is 2.36. The first-order valence-corrected chi connectivity index (χ1v) is 11.4. The molecular weight excluding hydrogens is 458 g/mol. The number of carbonyl (C=O) groups excluding carboxylic acids is 1. The maximum Gasteiger partial charge on any atom is 0.275 e. The highest BCUT2D eigenvalue weighted by Gasteiger charge is 2.26. The summed E-state index contributed by atoms with van der Waals surface area (Å²) in [7, 11) is 6.84. The van der Waals surface area contributed by atoms with Crippen LogP contribution in [-0.4, -0.2) is 73.1 Å². The van der Waals surface area contributed by atoms with Gasteiger partial charge >= 0.3 is 0 Å². The summed E-state index contributed by atoms with van der Waals surface area (Å²) in [5.41, 5.74) is 4.20. The minimum absolute atomic E-state index is 0.0956. The van der Waals surface area contributed by atoms with Gasteiger partial charge in [-0.3, -0.25) is 14.7 Å². The van der Waals surface area contributed by atoms with E-state index < -0.39 is 0 Å². The average Bonchev–Trinajstić information content (AvgIpc) is 3.31. The Labute approximate surface area is 208 Å². The van der Waals surface area contributed by atoms with Gasteiger partial charge < -0.3 is 18.8 Å². The van der Waals surface area contributed by atoms with Crippen molar-refractivity contribution in [2.45, 2.75) is 6.10 Å². The molecule has 9 heteroatoms. The molecule has 1 fully saturated rings. The zero-order valence-corrected chi connectivity index (χ0v) is 20.5. The van der Waals surface area contributed by atoms with Crippen LogP contribution in [-0.2, 0) is 0 Å². The topological polar surface area (TPSA) is 105 Å². The standard InChI is InChI=1S/C27H25N5O4/c1-31(2)27(33)25-24(34-4)10-18(13-30-25)23-11-21-26(36-23)20(7-8-29-21)16-5-6-22(17(9-16)12-28)35-19-14-32(3)15-19/h5-11,13,19H,14-15H2,1-4H3. The number of hydrogen-bond acceptors (Lipinski definition) is 8. The number of pyridine rings is 2. The predicted octanol–water partition coefficient (Wildman–Crippen LogP) is 3.83. The number of aromatic nitrogens is 2. The maximum absolute atomic E-state index is 12.4. The van der Waals surface area contributed by atoms with Crippen LogP contribution in [0.3, 0.4) is 0 Å². The molecule has 0 atom stereocenters. The van der Waals surface area contributed by atoms with Crippen LogP contribution in [0.4, 0.5) is 0 Å². The van der Waals surface area contributed by atoms with Crippen LogP contribution in [0.1, 0.15) is 16.1 Å². The van der Waals surface area contributed by atoms with Gasteiger partial charge in [0.2, 0.25) is 0 Å². The lowest BCUT2D eigenvalue weighted by molar-refractivity contribution is 0.0386. The summed E-state index contributed by atoms with van der Waals surface area (Å²) < 4.78 is 17.6. The number of amides is 1. The Morgan fingerprint density at radius 2 is 1.94 bits per heavy atom.